The molecule has 6 heteroatoms. The van der Waals surface area contributed by atoms with E-state index in [0.717, 1.165) is 19.4 Å². The van der Waals surface area contributed by atoms with E-state index in [9.17, 15) is 0 Å². The lowest BCUT2D eigenvalue weighted by atomic mass is 10.2. The van der Waals surface area contributed by atoms with Crippen LogP contribution >= 0.6 is 35.6 Å². The lowest BCUT2D eigenvalue weighted by Crippen LogP contribution is -2.15. The first-order valence-corrected chi connectivity index (χ1v) is 4.94. The highest BCUT2D eigenvalue weighted by Crippen LogP contribution is 2.22. The number of hydrogen-bond acceptors (Lipinski definition) is 3. The van der Waals surface area contributed by atoms with Crippen molar-refractivity contribution in [1.82, 2.24) is 15.3 Å². The van der Waals surface area contributed by atoms with Crippen molar-refractivity contribution in [2.75, 3.05) is 6.54 Å². The summed E-state index contributed by atoms with van der Waals surface area (Å²) in [5.41, 5.74) is 0. The van der Waals surface area contributed by atoms with Crippen LogP contribution in [0.2, 0.25) is 10.3 Å². The molecule has 1 aliphatic heterocycles. The Hall–Kier alpha value is -0.0900. The molecule has 0 radical (unpaired) electrons. The SMILES string of the molecule is Cl.Clc1cc(Cl)nc(C2CCCN2)n1. The molecule has 14 heavy (non-hydrogen) atoms. The minimum absolute atomic E-state index is 0. The predicted molar refractivity (Wildman–Crippen MR) is 59.3 cm³/mol. The number of hydrogen-bond donors (Lipinski definition) is 1. The van der Waals surface area contributed by atoms with Crippen molar-refractivity contribution in [1.29, 1.82) is 0 Å². The second kappa shape index (κ2) is 5.12. The number of nitrogens with one attached hydrogen (secondary N) is 1. The summed E-state index contributed by atoms with van der Waals surface area (Å²) in [6.07, 6.45) is 2.20. The molecule has 2 rings (SSSR count). The molecular formula is C8H10Cl3N3. The number of aromatic nitrogens is 2. The Morgan fingerprint density at radius 1 is 1.29 bits per heavy atom. The average Bonchev–Trinajstić information content (AvgIpc) is 2.53. The second-order valence-corrected chi connectivity index (χ2v) is 3.80. The Kier molecular flexibility index (Phi) is 4.38. The van der Waals surface area contributed by atoms with Crippen molar-refractivity contribution in [2.24, 2.45) is 0 Å². The number of rotatable bonds is 1. The van der Waals surface area contributed by atoms with Crippen LogP contribution in [0.1, 0.15) is 24.7 Å². The molecule has 1 N–H and O–H groups in total. The van der Waals surface area contributed by atoms with Gasteiger partial charge in [-0.15, -0.1) is 12.4 Å². The maximum atomic E-state index is 5.77. The second-order valence-electron chi connectivity index (χ2n) is 3.02. The molecule has 1 unspecified atom stereocenters. The Morgan fingerprint density at radius 3 is 2.43 bits per heavy atom. The van der Waals surface area contributed by atoms with E-state index in [1.165, 1.54) is 0 Å². The van der Waals surface area contributed by atoms with Crippen LogP contribution in [0.5, 0.6) is 0 Å². The van der Waals surface area contributed by atoms with Crippen molar-refractivity contribution in [2.45, 2.75) is 18.9 Å². The fourth-order valence-electron chi connectivity index (χ4n) is 1.47. The monoisotopic (exact) mass is 253 g/mol. The van der Waals surface area contributed by atoms with Gasteiger partial charge in [0.25, 0.3) is 0 Å². The van der Waals surface area contributed by atoms with Gasteiger partial charge in [-0.3, -0.25) is 0 Å². The molecule has 78 valence electrons. The fraction of sp³-hybridized carbons (Fsp3) is 0.500. The fourth-order valence-corrected chi connectivity index (χ4v) is 1.90. The highest BCUT2D eigenvalue weighted by atomic mass is 35.5. The summed E-state index contributed by atoms with van der Waals surface area (Å²) >= 11 is 11.5. The zero-order valence-electron chi connectivity index (χ0n) is 7.33. The zero-order chi connectivity index (χ0) is 9.26. The van der Waals surface area contributed by atoms with Gasteiger partial charge in [0.1, 0.15) is 16.1 Å². The van der Waals surface area contributed by atoms with E-state index in [1.54, 1.807) is 6.07 Å². The van der Waals surface area contributed by atoms with E-state index in [-0.39, 0.29) is 18.4 Å². The van der Waals surface area contributed by atoms with Gasteiger partial charge in [0, 0.05) is 6.07 Å². The molecule has 1 aliphatic rings. The Morgan fingerprint density at radius 2 is 1.93 bits per heavy atom. The highest BCUT2D eigenvalue weighted by Gasteiger charge is 2.19. The summed E-state index contributed by atoms with van der Waals surface area (Å²) in [5.74, 6) is 0.704. The van der Waals surface area contributed by atoms with Gasteiger partial charge in [-0.2, -0.15) is 0 Å². The van der Waals surface area contributed by atoms with Crippen LogP contribution in [-0.4, -0.2) is 16.5 Å². The third-order valence-corrected chi connectivity index (χ3v) is 2.44. The van der Waals surface area contributed by atoms with Gasteiger partial charge in [0.15, 0.2) is 0 Å². The Bertz CT molecular complexity index is 292. The van der Waals surface area contributed by atoms with Crippen LogP contribution in [0.15, 0.2) is 6.07 Å². The van der Waals surface area contributed by atoms with Crippen LogP contribution in [0.25, 0.3) is 0 Å². The van der Waals surface area contributed by atoms with Gasteiger partial charge in [-0.05, 0) is 19.4 Å². The lowest BCUT2D eigenvalue weighted by molar-refractivity contribution is 0.605. The Labute approximate surface area is 98.6 Å². The standard InChI is InChI=1S/C8H9Cl2N3.ClH/c9-6-4-7(10)13-8(12-6)5-2-1-3-11-5;/h4-5,11H,1-3H2;1H. The lowest BCUT2D eigenvalue weighted by Gasteiger charge is -2.08. The summed E-state index contributed by atoms with van der Waals surface area (Å²) in [7, 11) is 0. The summed E-state index contributed by atoms with van der Waals surface area (Å²) < 4.78 is 0. The third-order valence-electron chi connectivity index (χ3n) is 2.05. The summed E-state index contributed by atoms with van der Waals surface area (Å²) in [6.45, 7) is 1.01. The molecule has 1 aromatic heterocycles. The van der Waals surface area contributed by atoms with Crippen molar-refractivity contribution in [3.63, 3.8) is 0 Å². The first-order chi connectivity index (χ1) is 6.25. The molecule has 0 amide bonds. The predicted octanol–water partition coefficient (Wildman–Crippen LogP) is 2.63. The van der Waals surface area contributed by atoms with Crippen molar-refractivity contribution < 1.29 is 0 Å². The quantitative estimate of drug-likeness (QED) is 0.783. The summed E-state index contributed by atoms with van der Waals surface area (Å²) in [4.78, 5) is 8.25. The molecular weight excluding hydrogens is 244 g/mol. The first kappa shape index (κ1) is 12.0. The summed E-state index contributed by atoms with van der Waals surface area (Å²) in [6, 6.07) is 1.76. The summed E-state index contributed by atoms with van der Waals surface area (Å²) in [5, 5.41) is 4.10. The molecule has 0 aromatic carbocycles. The van der Waals surface area contributed by atoms with Gasteiger partial charge >= 0.3 is 0 Å². The third kappa shape index (κ3) is 2.70. The normalized spacial score (nSPS) is 20.6. The molecule has 1 atom stereocenters. The molecule has 0 aliphatic carbocycles. The molecule has 0 saturated carbocycles. The van der Waals surface area contributed by atoms with E-state index < -0.39 is 0 Å². The van der Waals surface area contributed by atoms with Gasteiger partial charge in [0.05, 0.1) is 6.04 Å². The van der Waals surface area contributed by atoms with Crippen molar-refractivity contribution >= 4 is 35.6 Å². The van der Waals surface area contributed by atoms with Crippen LogP contribution < -0.4 is 5.32 Å². The van der Waals surface area contributed by atoms with E-state index in [2.05, 4.69) is 15.3 Å². The Balaban J connectivity index is 0.000000980. The smallest absolute Gasteiger partial charge is 0.148 e. The van der Waals surface area contributed by atoms with Gasteiger partial charge < -0.3 is 5.32 Å². The van der Waals surface area contributed by atoms with E-state index in [0.29, 0.717) is 16.1 Å². The molecule has 3 nitrogen and oxygen atoms in total. The molecule has 0 bridgehead atoms. The number of halogens is 3. The molecule has 2 heterocycles. The van der Waals surface area contributed by atoms with Crippen molar-refractivity contribution in [3.8, 4) is 0 Å². The van der Waals surface area contributed by atoms with Gasteiger partial charge in [0.2, 0.25) is 0 Å². The molecule has 1 fully saturated rings. The van der Waals surface area contributed by atoms with Crippen LogP contribution in [0.3, 0.4) is 0 Å². The average molecular weight is 255 g/mol. The zero-order valence-corrected chi connectivity index (χ0v) is 9.66. The maximum absolute atomic E-state index is 5.77. The van der Waals surface area contributed by atoms with E-state index >= 15 is 0 Å². The highest BCUT2D eigenvalue weighted by molar-refractivity contribution is 6.33. The van der Waals surface area contributed by atoms with Gasteiger partial charge in [-0.1, -0.05) is 23.2 Å². The maximum Gasteiger partial charge on any atom is 0.148 e. The van der Waals surface area contributed by atoms with E-state index in [4.69, 9.17) is 23.2 Å². The van der Waals surface area contributed by atoms with Crippen LogP contribution in [0, 0.1) is 0 Å². The molecule has 0 spiro atoms. The largest absolute Gasteiger partial charge is 0.307 e. The first-order valence-electron chi connectivity index (χ1n) is 4.19. The minimum atomic E-state index is 0. The van der Waals surface area contributed by atoms with Crippen LogP contribution in [0.4, 0.5) is 0 Å². The topological polar surface area (TPSA) is 37.8 Å². The minimum Gasteiger partial charge on any atom is -0.307 e. The van der Waals surface area contributed by atoms with Crippen molar-refractivity contribution in [3.05, 3.63) is 22.2 Å². The number of nitrogens with zero attached hydrogens (tertiary/aromatic N) is 2. The van der Waals surface area contributed by atoms with Gasteiger partial charge in [-0.25, -0.2) is 9.97 Å². The molecule has 1 saturated heterocycles. The molecule has 1 aromatic rings. The van der Waals surface area contributed by atoms with E-state index in [1.807, 2.05) is 0 Å². The van der Waals surface area contributed by atoms with Crippen LogP contribution in [-0.2, 0) is 0 Å².